The van der Waals surface area contributed by atoms with Gasteiger partial charge in [-0.15, -0.1) is 0 Å². The van der Waals surface area contributed by atoms with Gasteiger partial charge in [-0.3, -0.25) is 0 Å². The first-order valence-corrected chi connectivity index (χ1v) is 6.90. The average Bonchev–Trinajstić information content (AvgIpc) is 2.86. The second-order valence-corrected chi connectivity index (χ2v) is 5.20. The Morgan fingerprint density at radius 1 is 1.32 bits per heavy atom. The lowest BCUT2D eigenvalue weighted by molar-refractivity contribution is -0.219. The van der Waals surface area contributed by atoms with Crippen molar-refractivity contribution in [3.05, 3.63) is 35.9 Å². The summed E-state index contributed by atoms with van der Waals surface area (Å²) in [4.78, 5) is 0. The fourth-order valence-corrected chi connectivity index (χ4v) is 2.87. The normalized spacial score (nSPS) is 37.5. The minimum absolute atomic E-state index is 0.000441. The fourth-order valence-electron chi connectivity index (χ4n) is 2.87. The van der Waals surface area contributed by atoms with Crippen LogP contribution in [0.5, 0.6) is 0 Å². The molecule has 2 heterocycles. The molecule has 5 atom stereocenters. The quantitative estimate of drug-likeness (QED) is 0.899. The first-order chi connectivity index (χ1) is 9.29. The van der Waals surface area contributed by atoms with E-state index < -0.39 is 6.10 Å². The first-order valence-electron chi connectivity index (χ1n) is 6.90. The summed E-state index contributed by atoms with van der Waals surface area (Å²) in [6, 6.07) is 9.97. The molecule has 3 rings (SSSR count). The number of hydrogen-bond donors (Lipinski definition) is 1. The van der Waals surface area contributed by atoms with E-state index in [1.165, 1.54) is 0 Å². The Morgan fingerprint density at radius 3 is 2.84 bits per heavy atom. The Hall–Kier alpha value is -0.940. The monoisotopic (exact) mass is 264 g/mol. The van der Waals surface area contributed by atoms with Crippen LogP contribution in [-0.2, 0) is 20.8 Å². The van der Waals surface area contributed by atoms with Gasteiger partial charge < -0.3 is 19.3 Å². The lowest BCUT2D eigenvalue weighted by Crippen LogP contribution is -2.51. The number of rotatable bonds is 4. The lowest BCUT2D eigenvalue weighted by Gasteiger charge is -2.37. The summed E-state index contributed by atoms with van der Waals surface area (Å²) in [5, 5.41) is 10.4. The molecule has 0 amide bonds. The highest BCUT2D eigenvalue weighted by atomic mass is 16.7. The van der Waals surface area contributed by atoms with Crippen LogP contribution < -0.4 is 0 Å². The van der Waals surface area contributed by atoms with Gasteiger partial charge in [0.05, 0.1) is 19.3 Å². The van der Waals surface area contributed by atoms with Crippen LogP contribution in [-0.4, -0.2) is 36.3 Å². The van der Waals surface area contributed by atoms with Gasteiger partial charge in [-0.25, -0.2) is 0 Å². The van der Waals surface area contributed by atoms with Crippen molar-refractivity contribution in [2.45, 2.75) is 44.6 Å². The highest BCUT2D eigenvalue weighted by molar-refractivity contribution is 5.13. The molecule has 1 aromatic rings. The van der Waals surface area contributed by atoms with E-state index in [1.54, 1.807) is 0 Å². The molecule has 4 heteroatoms. The molecule has 0 aliphatic carbocycles. The van der Waals surface area contributed by atoms with Crippen molar-refractivity contribution in [2.75, 3.05) is 6.61 Å². The van der Waals surface area contributed by atoms with Crippen molar-refractivity contribution < 1.29 is 19.3 Å². The summed E-state index contributed by atoms with van der Waals surface area (Å²) in [5.41, 5.74) is 1.10. The number of ether oxygens (including phenoxy) is 3. The van der Waals surface area contributed by atoms with Crippen molar-refractivity contribution in [3.8, 4) is 0 Å². The van der Waals surface area contributed by atoms with Gasteiger partial charge in [0.1, 0.15) is 12.2 Å². The number of benzene rings is 1. The molecule has 0 aromatic heterocycles. The third-order valence-corrected chi connectivity index (χ3v) is 3.98. The van der Waals surface area contributed by atoms with Crippen LogP contribution in [0.4, 0.5) is 0 Å². The molecule has 0 spiro atoms. The van der Waals surface area contributed by atoms with Crippen molar-refractivity contribution in [3.63, 3.8) is 0 Å². The van der Waals surface area contributed by atoms with Crippen LogP contribution in [0.2, 0.25) is 0 Å². The molecule has 4 nitrogen and oxygen atoms in total. The summed E-state index contributed by atoms with van der Waals surface area (Å²) in [5.74, 6) is -0.000441. The summed E-state index contributed by atoms with van der Waals surface area (Å²) in [6.45, 7) is 3.04. The molecule has 2 fully saturated rings. The van der Waals surface area contributed by atoms with Crippen LogP contribution in [0, 0.1) is 5.92 Å². The van der Waals surface area contributed by atoms with E-state index in [-0.39, 0.29) is 24.4 Å². The number of fused-ring (bicyclic) bond motifs is 2. The fraction of sp³-hybridized carbons (Fsp3) is 0.600. The number of hydrogen-bond acceptors (Lipinski definition) is 4. The predicted octanol–water partition coefficient (Wildman–Crippen LogP) is 1.71. The van der Waals surface area contributed by atoms with Gasteiger partial charge in [0.15, 0.2) is 6.29 Å². The van der Waals surface area contributed by atoms with E-state index in [0.29, 0.717) is 13.2 Å². The minimum Gasteiger partial charge on any atom is -0.390 e. The Kier molecular flexibility index (Phi) is 3.84. The van der Waals surface area contributed by atoms with E-state index in [0.717, 1.165) is 12.0 Å². The molecule has 2 bridgehead atoms. The maximum absolute atomic E-state index is 10.4. The summed E-state index contributed by atoms with van der Waals surface area (Å²) in [7, 11) is 0. The SMILES string of the molecule is CC[C@H]1[C@@H]2OC[C@@H](O2)[C@@H](OCc2ccccc2)[C@@H]1O. The van der Waals surface area contributed by atoms with Crippen LogP contribution in [0.25, 0.3) is 0 Å². The molecule has 0 saturated carbocycles. The molecule has 104 valence electrons. The largest absolute Gasteiger partial charge is 0.390 e. The molecule has 2 saturated heterocycles. The van der Waals surface area contributed by atoms with E-state index in [1.807, 2.05) is 37.3 Å². The second kappa shape index (κ2) is 5.59. The van der Waals surface area contributed by atoms with Crippen LogP contribution in [0.15, 0.2) is 30.3 Å². The van der Waals surface area contributed by atoms with Gasteiger partial charge in [0.25, 0.3) is 0 Å². The minimum atomic E-state index is -0.514. The van der Waals surface area contributed by atoms with Crippen molar-refractivity contribution in [1.82, 2.24) is 0 Å². The molecule has 19 heavy (non-hydrogen) atoms. The van der Waals surface area contributed by atoms with Gasteiger partial charge in [-0.05, 0) is 12.0 Å². The highest BCUT2D eigenvalue weighted by Crippen LogP contribution is 2.35. The summed E-state index contributed by atoms with van der Waals surface area (Å²) >= 11 is 0. The molecular weight excluding hydrogens is 244 g/mol. The highest BCUT2D eigenvalue weighted by Gasteiger charge is 2.49. The summed E-state index contributed by atoms with van der Waals surface area (Å²) < 4.78 is 17.2. The van der Waals surface area contributed by atoms with E-state index in [9.17, 15) is 5.11 Å². The van der Waals surface area contributed by atoms with Crippen molar-refractivity contribution >= 4 is 0 Å². The first kappa shape index (κ1) is 13.1. The van der Waals surface area contributed by atoms with E-state index in [2.05, 4.69) is 0 Å². The third kappa shape index (κ3) is 2.54. The number of aliphatic hydroxyl groups is 1. The lowest BCUT2D eigenvalue weighted by atomic mass is 9.90. The maximum Gasteiger partial charge on any atom is 0.163 e. The molecular formula is C15H20O4. The average molecular weight is 264 g/mol. The topological polar surface area (TPSA) is 47.9 Å². The zero-order chi connectivity index (χ0) is 13.2. The molecule has 1 N–H and O–H groups in total. The van der Waals surface area contributed by atoms with Gasteiger partial charge in [-0.2, -0.15) is 0 Å². The van der Waals surface area contributed by atoms with Crippen molar-refractivity contribution in [1.29, 1.82) is 0 Å². The van der Waals surface area contributed by atoms with E-state index >= 15 is 0 Å². The maximum atomic E-state index is 10.4. The smallest absolute Gasteiger partial charge is 0.163 e. The third-order valence-electron chi connectivity index (χ3n) is 3.98. The molecule has 2 aliphatic heterocycles. The Balaban J connectivity index is 1.66. The zero-order valence-corrected chi connectivity index (χ0v) is 11.1. The molecule has 2 aliphatic rings. The van der Waals surface area contributed by atoms with Gasteiger partial charge in [0, 0.05) is 5.92 Å². The van der Waals surface area contributed by atoms with Gasteiger partial charge >= 0.3 is 0 Å². The van der Waals surface area contributed by atoms with Crippen molar-refractivity contribution in [2.24, 2.45) is 5.92 Å². The Bertz CT molecular complexity index is 408. The van der Waals surface area contributed by atoms with Gasteiger partial charge in [-0.1, -0.05) is 37.3 Å². The van der Waals surface area contributed by atoms with Crippen LogP contribution in [0.1, 0.15) is 18.9 Å². The van der Waals surface area contributed by atoms with Crippen LogP contribution in [0.3, 0.4) is 0 Å². The predicted molar refractivity (Wildman–Crippen MR) is 69.4 cm³/mol. The zero-order valence-electron chi connectivity index (χ0n) is 11.1. The molecule has 0 unspecified atom stereocenters. The van der Waals surface area contributed by atoms with E-state index in [4.69, 9.17) is 14.2 Å². The standard InChI is InChI=1S/C15H20O4/c1-2-11-13(16)14(12-9-18-15(11)19-12)17-8-10-6-4-3-5-7-10/h3-7,11-16H,2,8-9H2,1H3/t11-,12-,13-,14-,15-/m1/s1. The Labute approximate surface area is 113 Å². The Morgan fingerprint density at radius 2 is 2.11 bits per heavy atom. The van der Waals surface area contributed by atoms with Gasteiger partial charge in [0.2, 0.25) is 0 Å². The van der Waals surface area contributed by atoms with Crippen LogP contribution >= 0.6 is 0 Å². The molecule has 0 radical (unpaired) electrons. The second-order valence-electron chi connectivity index (χ2n) is 5.20. The molecule has 1 aromatic carbocycles. The summed E-state index contributed by atoms with van der Waals surface area (Å²) in [6.07, 6.45) is -0.402. The number of aliphatic hydroxyl groups excluding tert-OH is 1.